The summed E-state index contributed by atoms with van der Waals surface area (Å²) < 4.78 is 28.4. The summed E-state index contributed by atoms with van der Waals surface area (Å²) in [5, 5.41) is 0.970. The topological polar surface area (TPSA) is 22.0 Å². The molecule has 0 aliphatic heterocycles. The van der Waals surface area contributed by atoms with Gasteiger partial charge in [-0.25, -0.2) is 8.78 Å². The molecule has 20 heavy (non-hydrogen) atoms. The summed E-state index contributed by atoms with van der Waals surface area (Å²) in [6, 6.07) is 10.8. The molecule has 100 valence electrons. The van der Waals surface area contributed by atoms with E-state index in [1.54, 1.807) is 12.1 Å². The van der Waals surface area contributed by atoms with Crippen molar-refractivity contribution in [2.45, 2.75) is 6.54 Å². The first-order valence-electron chi connectivity index (χ1n) is 6.15. The highest BCUT2D eigenvalue weighted by Gasteiger charge is 2.07. The summed E-state index contributed by atoms with van der Waals surface area (Å²) >= 11 is 0. The predicted molar refractivity (Wildman–Crippen MR) is 72.8 cm³/mol. The number of nitrogens with zero attached hydrogens (tertiary/aromatic N) is 1. The zero-order valence-electron chi connectivity index (χ0n) is 10.5. The highest BCUT2D eigenvalue weighted by molar-refractivity contribution is 5.87. The lowest BCUT2D eigenvalue weighted by Gasteiger charge is -2.07. The van der Waals surface area contributed by atoms with Gasteiger partial charge in [0.15, 0.2) is 0 Å². The Kier molecular flexibility index (Phi) is 3.06. The summed E-state index contributed by atoms with van der Waals surface area (Å²) in [5.41, 5.74) is 1.82. The van der Waals surface area contributed by atoms with Crippen LogP contribution in [0.25, 0.3) is 10.9 Å². The molecule has 0 amide bonds. The van der Waals surface area contributed by atoms with Crippen molar-refractivity contribution in [2.24, 2.45) is 0 Å². The van der Waals surface area contributed by atoms with Gasteiger partial charge >= 0.3 is 0 Å². The minimum absolute atomic E-state index is 0.290. The molecule has 2 aromatic carbocycles. The third kappa shape index (κ3) is 2.20. The van der Waals surface area contributed by atoms with Crippen LogP contribution in [-0.4, -0.2) is 10.9 Å². The van der Waals surface area contributed by atoms with Crippen molar-refractivity contribution in [3.8, 4) is 0 Å². The normalized spacial score (nSPS) is 10.9. The number of fused-ring (bicyclic) bond motifs is 1. The van der Waals surface area contributed by atoms with Gasteiger partial charge < -0.3 is 4.57 Å². The molecule has 3 rings (SSSR count). The van der Waals surface area contributed by atoms with Crippen LogP contribution in [0.4, 0.5) is 8.78 Å². The molecule has 0 saturated carbocycles. The predicted octanol–water partition coefficient (Wildman–Crippen LogP) is 3.78. The number of aromatic nitrogens is 1. The van der Waals surface area contributed by atoms with E-state index in [9.17, 15) is 13.6 Å². The molecule has 0 unspecified atom stereocenters. The largest absolute Gasteiger partial charge is 0.343 e. The molecule has 0 aliphatic rings. The number of hydrogen-bond acceptors (Lipinski definition) is 1. The van der Waals surface area contributed by atoms with Crippen molar-refractivity contribution >= 4 is 17.2 Å². The fourth-order valence-corrected chi connectivity index (χ4v) is 2.25. The average Bonchev–Trinajstić information content (AvgIpc) is 2.84. The summed E-state index contributed by atoms with van der Waals surface area (Å²) in [7, 11) is 0. The van der Waals surface area contributed by atoms with E-state index in [0.29, 0.717) is 11.1 Å². The van der Waals surface area contributed by atoms with Gasteiger partial charge in [-0.3, -0.25) is 4.79 Å². The lowest BCUT2D eigenvalue weighted by Crippen LogP contribution is -2.01. The average molecular weight is 271 g/mol. The minimum atomic E-state index is -0.591. The Morgan fingerprint density at radius 2 is 1.90 bits per heavy atom. The Labute approximate surface area is 114 Å². The zero-order valence-corrected chi connectivity index (χ0v) is 10.5. The molecule has 3 aromatic rings. The highest BCUT2D eigenvalue weighted by atomic mass is 19.1. The number of benzene rings is 2. The van der Waals surface area contributed by atoms with Gasteiger partial charge in [-0.2, -0.15) is 0 Å². The van der Waals surface area contributed by atoms with Crippen molar-refractivity contribution < 1.29 is 13.6 Å². The van der Waals surface area contributed by atoms with Gasteiger partial charge in [0.1, 0.15) is 17.9 Å². The molecule has 4 heteroatoms. The fraction of sp³-hybridized carbons (Fsp3) is 0.0625. The van der Waals surface area contributed by atoms with Gasteiger partial charge in [0.2, 0.25) is 0 Å². The van der Waals surface area contributed by atoms with Gasteiger partial charge in [-0.1, -0.05) is 18.2 Å². The molecule has 0 spiro atoms. The number of halogens is 2. The zero-order chi connectivity index (χ0) is 14.1. The van der Waals surface area contributed by atoms with E-state index in [0.717, 1.165) is 23.3 Å². The van der Waals surface area contributed by atoms with Crippen molar-refractivity contribution in [1.82, 2.24) is 4.57 Å². The van der Waals surface area contributed by atoms with Crippen LogP contribution in [0.3, 0.4) is 0 Å². The van der Waals surface area contributed by atoms with E-state index in [4.69, 9.17) is 0 Å². The van der Waals surface area contributed by atoms with Crippen LogP contribution in [-0.2, 0) is 6.54 Å². The molecule has 0 aliphatic carbocycles. The van der Waals surface area contributed by atoms with Gasteiger partial charge in [-0.05, 0) is 23.6 Å². The van der Waals surface area contributed by atoms with Crippen molar-refractivity contribution in [1.29, 1.82) is 0 Å². The first kappa shape index (κ1) is 12.5. The summed E-state index contributed by atoms with van der Waals surface area (Å²) in [6.45, 7) is 0.290. The van der Waals surface area contributed by atoms with Crippen LogP contribution in [0.1, 0.15) is 15.9 Å². The van der Waals surface area contributed by atoms with Crippen LogP contribution in [0.2, 0.25) is 0 Å². The summed E-state index contributed by atoms with van der Waals surface area (Å²) in [5.74, 6) is -1.16. The molecule has 1 aromatic heterocycles. The third-order valence-electron chi connectivity index (χ3n) is 3.29. The lowest BCUT2D eigenvalue weighted by atomic mass is 10.1. The molecule has 0 radical (unpaired) electrons. The second-order valence-corrected chi connectivity index (χ2v) is 4.62. The Balaban J connectivity index is 2.04. The van der Waals surface area contributed by atoms with Crippen LogP contribution in [0, 0.1) is 11.6 Å². The van der Waals surface area contributed by atoms with Gasteiger partial charge in [0.25, 0.3) is 0 Å². The van der Waals surface area contributed by atoms with Crippen molar-refractivity contribution in [3.63, 3.8) is 0 Å². The standard InChI is InChI=1S/C16H11F2NO/c17-14-4-3-13(15(18)8-14)9-19-6-5-12-2-1-11(10-20)7-16(12)19/h1-8,10H,9H2. The molecule has 0 atom stereocenters. The number of aldehydes is 1. The monoisotopic (exact) mass is 271 g/mol. The first-order chi connectivity index (χ1) is 9.67. The quantitative estimate of drug-likeness (QED) is 0.664. The van der Waals surface area contributed by atoms with Crippen LogP contribution in [0.15, 0.2) is 48.7 Å². The van der Waals surface area contributed by atoms with E-state index in [1.165, 1.54) is 12.1 Å². The fourth-order valence-electron chi connectivity index (χ4n) is 2.25. The van der Waals surface area contributed by atoms with Crippen LogP contribution >= 0.6 is 0 Å². The van der Waals surface area contributed by atoms with Crippen LogP contribution < -0.4 is 0 Å². The molecule has 0 N–H and O–H groups in total. The Bertz CT molecular complexity index is 792. The van der Waals surface area contributed by atoms with Crippen molar-refractivity contribution in [3.05, 3.63) is 71.4 Å². The molecule has 0 saturated heterocycles. The molecule has 2 nitrogen and oxygen atoms in total. The van der Waals surface area contributed by atoms with E-state index < -0.39 is 11.6 Å². The second-order valence-electron chi connectivity index (χ2n) is 4.62. The maximum Gasteiger partial charge on any atom is 0.150 e. The maximum absolute atomic E-state index is 13.7. The second kappa shape index (κ2) is 4.89. The van der Waals surface area contributed by atoms with E-state index >= 15 is 0 Å². The Morgan fingerprint density at radius 3 is 2.65 bits per heavy atom. The number of carbonyl (C=O) groups excluding carboxylic acids is 1. The lowest BCUT2D eigenvalue weighted by molar-refractivity contribution is 0.112. The molecule has 0 bridgehead atoms. The molecule has 0 fully saturated rings. The van der Waals surface area contributed by atoms with E-state index in [2.05, 4.69) is 0 Å². The molecule has 1 heterocycles. The summed E-state index contributed by atoms with van der Waals surface area (Å²) in [4.78, 5) is 10.8. The highest BCUT2D eigenvalue weighted by Crippen LogP contribution is 2.19. The number of rotatable bonds is 3. The number of carbonyl (C=O) groups is 1. The Hall–Kier alpha value is -2.49. The number of hydrogen-bond donors (Lipinski definition) is 0. The molecular weight excluding hydrogens is 260 g/mol. The summed E-state index contributed by atoms with van der Waals surface area (Å²) in [6.07, 6.45) is 2.59. The first-order valence-corrected chi connectivity index (χ1v) is 6.15. The minimum Gasteiger partial charge on any atom is -0.343 e. The van der Waals surface area contributed by atoms with Gasteiger partial charge in [0.05, 0.1) is 6.54 Å². The van der Waals surface area contributed by atoms with Crippen LogP contribution in [0.5, 0.6) is 0 Å². The SMILES string of the molecule is O=Cc1ccc2ccn(Cc3ccc(F)cc3F)c2c1. The van der Waals surface area contributed by atoms with E-state index in [1.807, 2.05) is 22.9 Å². The third-order valence-corrected chi connectivity index (χ3v) is 3.29. The van der Waals surface area contributed by atoms with Gasteiger partial charge in [-0.15, -0.1) is 0 Å². The smallest absolute Gasteiger partial charge is 0.150 e. The maximum atomic E-state index is 13.7. The molecular formula is C16H11F2NO. The van der Waals surface area contributed by atoms with Gasteiger partial charge in [0, 0.05) is 28.9 Å². The Morgan fingerprint density at radius 1 is 1.05 bits per heavy atom. The van der Waals surface area contributed by atoms with E-state index in [-0.39, 0.29) is 6.54 Å². The van der Waals surface area contributed by atoms with Crippen molar-refractivity contribution in [2.75, 3.05) is 0 Å².